The van der Waals surface area contributed by atoms with Crippen molar-refractivity contribution in [2.45, 2.75) is 46.6 Å². The van der Waals surface area contributed by atoms with Crippen LogP contribution in [0.4, 0.5) is 0 Å². The predicted molar refractivity (Wildman–Crippen MR) is 57.0 cm³/mol. The first-order chi connectivity index (χ1) is 5.88. The first kappa shape index (κ1) is 12.8. The molecule has 0 aromatic heterocycles. The fourth-order valence-electron chi connectivity index (χ4n) is 0.896. The molecule has 0 rings (SSSR count). The Bertz CT molecular complexity index is 163. The number of carbonyl (C=O) groups excluding carboxylic acids is 1. The van der Waals surface area contributed by atoms with Gasteiger partial charge in [-0.25, -0.2) is 0 Å². The predicted octanol–water partition coefficient (Wildman–Crippen LogP) is 2.56. The van der Waals surface area contributed by atoms with E-state index in [9.17, 15) is 4.79 Å². The number of carbonyl (C=O) groups is 1. The quantitative estimate of drug-likeness (QED) is 0.703. The Morgan fingerprint density at radius 1 is 1.46 bits per heavy atom. The molecular formula is C10H20ClNO. The molecule has 1 atom stereocenters. The van der Waals surface area contributed by atoms with Crippen LogP contribution in [-0.4, -0.2) is 17.8 Å². The molecule has 1 unspecified atom stereocenters. The summed E-state index contributed by atoms with van der Waals surface area (Å²) in [6.07, 6.45) is 1.90. The van der Waals surface area contributed by atoms with Crippen LogP contribution in [0.25, 0.3) is 0 Å². The first-order valence-electron chi connectivity index (χ1n) is 4.75. The van der Waals surface area contributed by atoms with E-state index in [0.29, 0.717) is 5.88 Å². The Morgan fingerprint density at radius 2 is 2.00 bits per heavy atom. The fraction of sp³-hybridized carbons (Fsp3) is 0.900. The highest BCUT2D eigenvalue weighted by Gasteiger charge is 2.22. The Balaban J connectivity index is 3.79. The van der Waals surface area contributed by atoms with Gasteiger partial charge in [0.25, 0.3) is 0 Å². The average molecular weight is 206 g/mol. The molecule has 0 radical (unpaired) electrons. The normalized spacial score (nSPS) is 13.9. The highest BCUT2D eigenvalue weighted by Crippen LogP contribution is 2.13. The van der Waals surface area contributed by atoms with E-state index in [-0.39, 0.29) is 17.4 Å². The van der Waals surface area contributed by atoms with Crippen LogP contribution in [0.15, 0.2) is 0 Å². The van der Waals surface area contributed by atoms with Crippen molar-refractivity contribution in [1.29, 1.82) is 0 Å². The molecule has 0 aliphatic rings. The molecular weight excluding hydrogens is 186 g/mol. The molecule has 0 fully saturated rings. The molecule has 0 aromatic rings. The molecule has 0 heterocycles. The molecule has 0 saturated carbocycles. The number of amides is 1. The van der Waals surface area contributed by atoms with Crippen molar-refractivity contribution in [3.63, 3.8) is 0 Å². The summed E-state index contributed by atoms with van der Waals surface area (Å²) in [4.78, 5) is 11.5. The zero-order valence-corrected chi connectivity index (χ0v) is 9.74. The van der Waals surface area contributed by atoms with Crippen LogP contribution in [-0.2, 0) is 4.79 Å². The maximum atomic E-state index is 11.5. The third-order valence-corrected chi connectivity index (χ3v) is 2.10. The monoisotopic (exact) mass is 205 g/mol. The van der Waals surface area contributed by atoms with Crippen LogP contribution < -0.4 is 5.32 Å². The highest BCUT2D eigenvalue weighted by atomic mass is 35.5. The molecule has 0 saturated heterocycles. The number of hydrogen-bond acceptors (Lipinski definition) is 1. The van der Waals surface area contributed by atoms with Crippen molar-refractivity contribution >= 4 is 17.5 Å². The van der Waals surface area contributed by atoms with Gasteiger partial charge in [-0.3, -0.25) is 4.79 Å². The van der Waals surface area contributed by atoms with E-state index in [1.807, 2.05) is 27.7 Å². The van der Waals surface area contributed by atoms with Gasteiger partial charge in [0.05, 0.1) is 0 Å². The Kier molecular flexibility index (Phi) is 5.38. The van der Waals surface area contributed by atoms with Crippen molar-refractivity contribution in [3.05, 3.63) is 0 Å². The van der Waals surface area contributed by atoms with Gasteiger partial charge < -0.3 is 5.32 Å². The topological polar surface area (TPSA) is 29.1 Å². The van der Waals surface area contributed by atoms with E-state index in [1.165, 1.54) is 0 Å². The van der Waals surface area contributed by atoms with E-state index in [2.05, 4.69) is 5.32 Å². The SMILES string of the molecule is CC(CCCCl)NC(=O)C(C)(C)C. The van der Waals surface area contributed by atoms with Crippen LogP contribution in [0.1, 0.15) is 40.5 Å². The van der Waals surface area contributed by atoms with Crippen molar-refractivity contribution in [2.24, 2.45) is 5.41 Å². The van der Waals surface area contributed by atoms with Crippen LogP contribution in [0.3, 0.4) is 0 Å². The molecule has 2 nitrogen and oxygen atoms in total. The lowest BCUT2D eigenvalue weighted by atomic mass is 9.95. The summed E-state index contributed by atoms with van der Waals surface area (Å²) in [7, 11) is 0. The zero-order chi connectivity index (χ0) is 10.5. The summed E-state index contributed by atoms with van der Waals surface area (Å²) in [6.45, 7) is 7.75. The molecule has 0 aliphatic carbocycles. The van der Waals surface area contributed by atoms with Crippen molar-refractivity contribution in [2.75, 3.05) is 5.88 Å². The molecule has 0 bridgehead atoms. The van der Waals surface area contributed by atoms with Gasteiger partial charge in [0.1, 0.15) is 0 Å². The van der Waals surface area contributed by atoms with E-state index in [0.717, 1.165) is 12.8 Å². The summed E-state index contributed by atoms with van der Waals surface area (Å²) in [5.41, 5.74) is -0.296. The third kappa shape index (κ3) is 5.92. The van der Waals surface area contributed by atoms with Gasteiger partial charge >= 0.3 is 0 Å². The third-order valence-electron chi connectivity index (χ3n) is 1.83. The molecule has 3 heteroatoms. The maximum absolute atomic E-state index is 11.5. The first-order valence-corrected chi connectivity index (χ1v) is 5.28. The van der Waals surface area contributed by atoms with E-state index in [4.69, 9.17) is 11.6 Å². The maximum Gasteiger partial charge on any atom is 0.225 e. The van der Waals surface area contributed by atoms with E-state index in [1.54, 1.807) is 0 Å². The Labute approximate surface area is 86.0 Å². The van der Waals surface area contributed by atoms with E-state index < -0.39 is 0 Å². The van der Waals surface area contributed by atoms with Gasteiger partial charge in [0, 0.05) is 17.3 Å². The Morgan fingerprint density at radius 3 is 2.38 bits per heavy atom. The summed E-state index contributed by atoms with van der Waals surface area (Å²) in [6, 6.07) is 0.227. The van der Waals surface area contributed by atoms with Crippen LogP contribution in [0.2, 0.25) is 0 Å². The lowest BCUT2D eigenvalue weighted by Gasteiger charge is -2.21. The molecule has 1 amide bonds. The minimum atomic E-state index is -0.296. The Hall–Kier alpha value is -0.240. The number of hydrogen-bond donors (Lipinski definition) is 1. The number of alkyl halides is 1. The average Bonchev–Trinajstić information content (AvgIpc) is 1.99. The van der Waals surface area contributed by atoms with E-state index >= 15 is 0 Å². The number of rotatable bonds is 4. The highest BCUT2D eigenvalue weighted by molar-refractivity contribution is 6.17. The van der Waals surface area contributed by atoms with Crippen molar-refractivity contribution < 1.29 is 4.79 Å². The minimum absolute atomic E-state index is 0.106. The van der Waals surface area contributed by atoms with Gasteiger partial charge in [0.15, 0.2) is 0 Å². The molecule has 78 valence electrons. The number of nitrogens with one attached hydrogen (secondary N) is 1. The van der Waals surface area contributed by atoms with Crippen LogP contribution >= 0.6 is 11.6 Å². The fourth-order valence-corrected chi connectivity index (χ4v) is 1.05. The molecule has 13 heavy (non-hydrogen) atoms. The van der Waals surface area contributed by atoms with Gasteiger partial charge in [-0.1, -0.05) is 20.8 Å². The summed E-state index contributed by atoms with van der Waals surface area (Å²) in [5, 5.41) is 2.96. The molecule has 0 aliphatic heterocycles. The van der Waals surface area contributed by atoms with Crippen molar-refractivity contribution in [3.8, 4) is 0 Å². The zero-order valence-electron chi connectivity index (χ0n) is 8.98. The second-order valence-corrected chi connectivity index (χ2v) is 4.83. The summed E-state index contributed by atoms with van der Waals surface area (Å²) >= 11 is 5.56. The lowest BCUT2D eigenvalue weighted by molar-refractivity contribution is -0.129. The second-order valence-electron chi connectivity index (χ2n) is 4.46. The standard InChI is InChI=1S/C10H20ClNO/c1-8(6-5-7-11)12-9(13)10(2,3)4/h8H,5-7H2,1-4H3,(H,12,13). The molecule has 1 N–H and O–H groups in total. The van der Waals surface area contributed by atoms with Crippen LogP contribution in [0.5, 0.6) is 0 Å². The lowest BCUT2D eigenvalue weighted by Crippen LogP contribution is -2.40. The molecule has 0 spiro atoms. The summed E-state index contributed by atoms with van der Waals surface area (Å²) < 4.78 is 0. The summed E-state index contributed by atoms with van der Waals surface area (Å²) in [5.74, 6) is 0.769. The second kappa shape index (κ2) is 5.48. The van der Waals surface area contributed by atoms with Gasteiger partial charge in [-0.2, -0.15) is 0 Å². The van der Waals surface area contributed by atoms with Gasteiger partial charge in [-0.05, 0) is 19.8 Å². The van der Waals surface area contributed by atoms with Gasteiger partial charge in [-0.15, -0.1) is 11.6 Å². The van der Waals surface area contributed by atoms with Crippen molar-refractivity contribution in [1.82, 2.24) is 5.32 Å². The van der Waals surface area contributed by atoms with Gasteiger partial charge in [0.2, 0.25) is 5.91 Å². The number of halogens is 1. The largest absolute Gasteiger partial charge is 0.353 e. The van der Waals surface area contributed by atoms with Crippen LogP contribution in [0, 0.1) is 5.41 Å². The smallest absolute Gasteiger partial charge is 0.225 e. The minimum Gasteiger partial charge on any atom is -0.353 e. The molecule has 0 aromatic carbocycles.